The van der Waals surface area contributed by atoms with E-state index in [1.165, 1.54) is 11.8 Å². The molecule has 0 spiro atoms. The van der Waals surface area contributed by atoms with Gasteiger partial charge in [-0.15, -0.1) is 0 Å². The number of aliphatic hydroxyl groups is 1. The number of hydrogen-bond donors (Lipinski definition) is 2. The fraction of sp³-hybridized carbons (Fsp3) is 0.846. The van der Waals surface area contributed by atoms with Gasteiger partial charge < -0.3 is 15.7 Å². The molecular formula is C13H24N2O3. The van der Waals surface area contributed by atoms with Gasteiger partial charge in [-0.25, -0.2) is 0 Å². The molecule has 0 aromatic heterocycles. The third-order valence-electron chi connectivity index (χ3n) is 3.38. The topological polar surface area (TPSA) is 83.6 Å². The van der Waals surface area contributed by atoms with E-state index in [2.05, 4.69) is 0 Å². The van der Waals surface area contributed by atoms with Crippen molar-refractivity contribution in [1.29, 1.82) is 0 Å². The van der Waals surface area contributed by atoms with E-state index in [9.17, 15) is 14.7 Å². The van der Waals surface area contributed by atoms with Gasteiger partial charge in [0.05, 0.1) is 12.1 Å². The summed E-state index contributed by atoms with van der Waals surface area (Å²) in [7, 11) is 0. The van der Waals surface area contributed by atoms with Crippen molar-refractivity contribution in [3.8, 4) is 0 Å². The van der Waals surface area contributed by atoms with E-state index in [1.54, 1.807) is 0 Å². The van der Waals surface area contributed by atoms with Crippen LogP contribution in [-0.2, 0) is 9.59 Å². The molecule has 0 radical (unpaired) electrons. The molecule has 3 N–H and O–H groups in total. The van der Waals surface area contributed by atoms with Crippen molar-refractivity contribution in [3.05, 3.63) is 0 Å². The number of rotatable bonds is 3. The molecule has 104 valence electrons. The Morgan fingerprint density at radius 2 is 1.94 bits per heavy atom. The average Bonchev–Trinajstić information content (AvgIpc) is 2.73. The molecule has 3 atom stereocenters. The Hall–Kier alpha value is -0.940. The molecule has 5 nitrogen and oxygen atoms in total. The summed E-state index contributed by atoms with van der Waals surface area (Å²) in [5.74, 6) is -0.267. The second-order valence-corrected chi connectivity index (χ2v) is 6.07. The third kappa shape index (κ3) is 3.09. The molecule has 0 bridgehead atoms. The van der Waals surface area contributed by atoms with Crippen LogP contribution in [0.15, 0.2) is 0 Å². The molecule has 3 unspecified atom stereocenters. The van der Waals surface area contributed by atoms with E-state index in [0.29, 0.717) is 13.0 Å². The van der Waals surface area contributed by atoms with Gasteiger partial charge in [-0.1, -0.05) is 20.8 Å². The molecular weight excluding hydrogens is 232 g/mol. The number of nitrogens with two attached hydrogens (primary N) is 1. The number of ketones is 1. The zero-order chi connectivity index (χ0) is 14.1. The standard InChI is InChI=1S/C13H24N2O3/c1-8(16)10(14)12(18)15-7-5-6-9(15)11(17)13(2,3)4/h8-10,16H,5-7,14H2,1-4H3. The Kier molecular flexibility index (Phi) is 4.50. The van der Waals surface area contributed by atoms with Crippen LogP contribution >= 0.6 is 0 Å². The van der Waals surface area contributed by atoms with Gasteiger partial charge in [0.2, 0.25) is 5.91 Å². The summed E-state index contributed by atoms with van der Waals surface area (Å²) in [5.41, 5.74) is 5.19. The SMILES string of the molecule is CC(O)C(N)C(=O)N1CCCC1C(=O)C(C)(C)C. The zero-order valence-corrected chi connectivity index (χ0v) is 11.6. The second kappa shape index (κ2) is 5.36. The number of carbonyl (C=O) groups is 2. The van der Waals surface area contributed by atoms with E-state index in [1.807, 2.05) is 20.8 Å². The highest BCUT2D eigenvalue weighted by atomic mass is 16.3. The number of carbonyl (C=O) groups excluding carboxylic acids is 2. The first kappa shape index (κ1) is 15.1. The molecule has 1 amide bonds. The van der Waals surface area contributed by atoms with Crippen LogP contribution in [0.1, 0.15) is 40.5 Å². The minimum atomic E-state index is -0.946. The van der Waals surface area contributed by atoms with Crippen molar-refractivity contribution in [2.24, 2.45) is 11.1 Å². The van der Waals surface area contributed by atoms with Crippen molar-refractivity contribution >= 4 is 11.7 Å². The van der Waals surface area contributed by atoms with Crippen molar-refractivity contribution in [1.82, 2.24) is 4.90 Å². The third-order valence-corrected chi connectivity index (χ3v) is 3.38. The largest absolute Gasteiger partial charge is 0.391 e. The Morgan fingerprint density at radius 1 is 1.39 bits per heavy atom. The first-order chi connectivity index (χ1) is 8.16. The van der Waals surface area contributed by atoms with Crippen molar-refractivity contribution in [3.63, 3.8) is 0 Å². The van der Waals surface area contributed by atoms with Gasteiger partial charge in [-0.05, 0) is 19.8 Å². The Bertz CT molecular complexity index is 334. The van der Waals surface area contributed by atoms with Gasteiger partial charge in [-0.2, -0.15) is 0 Å². The lowest BCUT2D eigenvalue weighted by Gasteiger charge is -2.31. The average molecular weight is 256 g/mol. The lowest BCUT2D eigenvalue weighted by molar-refractivity contribution is -0.143. The van der Waals surface area contributed by atoms with Crippen LogP contribution in [0.4, 0.5) is 0 Å². The molecule has 0 saturated carbocycles. The molecule has 0 aromatic rings. The molecule has 1 aliphatic rings. The van der Waals surface area contributed by atoms with E-state index < -0.39 is 17.6 Å². The Morgan fingerprint density at radius 3 is 2.39 bits per heavy atom. The summed E-state index contributed by atoms with van der Waals surface area (Å²) in [6.07, 6.45) is 0.600. The van der Waals surface area contributed by atoms with Gasteiger partial charge in [0.15, 0.2) is 5.78 Å². The Labute approximate surface area is 108 Å². The van der Waals surface area contributed by atoms with Gasteiger partial charge in [0.25, 0.3) is 0 Å². The molecule has 5 heteroatoms. The number of nitrogens with zero attached hydrogens (tertiary/aromatic N) is 1. The predicted molar refractivity (Wildman–Crippen MR) is 68.9 cm³/mol. The van der Waals surface area contributed by atoms with Crippen molar-refractivity contribution in [2.45, 2.75) is 58.7 Å². The first-order valence-corrected chi connectivity index (χ1v) is 6.44. The molecule has 1 saturated heterocycles. The quantitative estimate of drug-likeness (QED) is 0.760. The summed E-state index contributed by atoms with van der Waals surface area (Å²) in [4.78, 5) is 25.9. The maximum absolute atomic E-state index is 12.3. The second-order valence-electron chi connectivity index (χ2n) is 6.07. The lowest BCUT2D eigenvalue weighted by Crippen LogP contribution is -2.53. The monoisotopic (exact) mass is 256 g/mol. The van der Waals surface area contributed by atoms with E-state index in [4.69, 9.17) is 5.73 Å². The van der Waals surface area contributed by atoms with Crippen LogP contribution in [0.25, 0.3) is 0 Å². The van der Waals surface area contributed by atoms with Crippen LogP contribution in [-0.4, -0.2) is 46.4 Å². The fourth-order valence-electron chi connectivity index (χ4n) is 2.20. The lowest BCUT2D eigenvalue weighted by atomic mass is 9.85. The van der Waals surface area contributed by atoms with Gasteiger partial charge in [0, 0.05) is 12.0 Å². The minimum absolute atomic E-state index is 0.0612. The van der Waals surface area contributed by atoms with Crippen LogP contribution in [0, 0.1) is 5.41 Å². The fourth-order valence-corrected chi connectivity index (χ4v) is 2.20. The highest BCUT2D eigenvalue weighted by Crippen LogP contribution is 2.27. The summed E-state index contributed by atoms with van der Waals surface area (Å²) in [6.45, 7) is 7.59. The molecule has 1 rings (SSSR count). The molecule has 18 heavy (non-hydrogen) atoms. The minimum Gasteiger partial charge on any atom is -0.391 e. The van der Waals surface area contributed by atoms with Gasteiger partial charge in [-0.3, -0.25) is 9.59 Å². The number of Topliss-reactive ketones (excluding diaryl/α,β-unsaturated/α-hetero) is 1. The van der Waals surface area contributed by atoms with E-state index >= 15 is 0 Å². The normalized spacial score (nSPS) is 23.9. The van der Waals surface area contributed by atoms with E-state index in [-0.39, 0.29) is 17.7 Å². The molecule has 0 aliphatic carbocycles. The number of hydrogen-bond acceptors (Lipinski definition) is 4. The molecule has 1 fully saturated rings. The summed E-state index contributed by atoms with van der Waals surface area (Å²) >= 11 is 0. The zero-order valence-electron chi connectivity index (χ0n) is 11.6. The molecule has 1 aliphatic heterocycles. The highest BCUT2D eigenvalue weighted by Gasteiger charge is 2.40. The van der Waals surface area contributed by atoms with Crippen LogP contribution in [0.2, 0.25) is 0 Å². The highest BCUT2D eigenvalue weighted by molar-refractivity contribution is 5.94. The van der Waals surface area contributed by atoms with Crippen molar-refractivity contribution in [2.75, 3.05) is 6.54 Å². The summed E-state index contributed by atoms with van der Waals surface area (Å²) in [6, 6.07) is -1.33. The van der Waals surface area contributed by atoms with E-state index in [0.717, 1.165) is 6.42 Å². The van der Waals surface area contributed by atoms with Crippen LogP contribution in [0.5, 0.6) is 0 Å². The number of likely N-dealkylation sites (tertiary alicyclic amines) is 1. The summed E-state index contributed by atoms with van der Waals surface area (Å²) < 4.78 is 0. The Balaban J connectivity index is 2.83. The number of amides is 1. The maximum atomic E-state index is 12.3. The van der Waals surface area contributed by atoms with Gasteiger partial charge in [0.1, 0.15) is 6.04 Å². The van der Waals surface area contributed by atoms with Crippen molar-refractivity contribution < 1.29 is 14.7 Å². The molecule has 0 aromatic carbocycles. The van der Waals surface area contributed by atoms with Gasteiger partial charge >= 0.3 is 0 Å². The molecule has 1 heterocycles. The van der Waals surface area contributed by atoms with Crippen LogP contribution < -0.4 is 5.73 Å². The number of aliphatic hydroxyl groups excluding tert-OH is 1. The summed E-state index contributed by atoms with van der Waals surface area (Å²) in [5, 5.41) is 9.38. The maximum Gasteiger partial charge on any atom is 0.242 e. The van der Waals surface area contributed by atoms with Crippen LogP contribution in [0.3, 0.4) is 0 Å². The predicted octanol–water partition coefficient (Wildman–Crippen LogP) is 0.301. The first-order valence-electron chi connectivity index (χ1n) is 6.44. The smallest absolute Gasteiger partial charge is 0.242 e.